The van der Waals surface area contributed by atoms with Gasteiger partial charge in [-0.05, 0) is 50.6 Å². The van der Waals surface area contributed by atoms with Crippen LogP contribution in [0.4, 0.5) is 0 Å². The Hall–Kier alpha value is -1.06. The minimum atomic E-state index is -0.239. The molecule has 1 unspecified atom stereocenters. The van der Waals surface area contributed by atoms with Crippen molar-refractivity contribution >= 4 is 18.3 Å². The summed E-state index contributed by atoms with van der Waals surface area (Å²) < 4.78 is 0. The van der Waals surface area contributed by atoms with Crippen LogP contribution >= 0.6 is 12.4 Å². The summed E-state index contributed by atoms with van der Waals surface area (Å²) in [5.41, 5.74) is 9.44. The molecular formula is C18H27ClN2O. The second kappa shape index (κ2) is 5.86. The monoisotopic (exact) mass is 322 g/mol. The molecule has 4 heteroatoms. The van der Waals surface area contributed by atoms with Crippen LogP contribution in [-0.2, 0) is 10.2 Å². The van der Waals surface area contributed by atoms with Crippen LogP contribution in [0.25, 0.3) is 0 Å². The third-order valence-corrected chi connectivity index (χ3v) is 5.27. The van der Waals surface area contributed by atoms with E-state index in [9.17, 15) is 4.79 Å². The van der Waals surface area contributed by atoms with Crippen LogP contribution in [0.3, 0.4) is 0 Å². The predicted molar refractivity (Wildman–Crippen MR) is 92.4 cm³/mol. The van der Waals surface area contributed by atoms with Crippen molar-refractivity contribution in [3.05, 3.63) is 34.9 Å². The van der Waals surface area contributed by atoms with Crippen molar-refractivity contribution in [3.8, 4) is 0 Å². The third kappa shape index (κ3) is 2.89. The van der Waals surface area contributed by atoms with Crippen molar-refractivity contribution in [2.75, 3.05) is 19.6 Å². The van der Waals surface area contributed by atoms with E-state index in [1.807, 2.05) is 0 Å². The van der Waals surface area contributed by atoms with Crippen molar-refractivity contribution in [1.82, 2.24) is 4.90 Å². The van der Waals surface area contributed by atoms with Gasteiger partial charge in [-0.1, -0.05) is 36.2 Å². The lowest BCUT2D eigenvalue weighted by Crippen LogP contribution is -2.40. The first-order valence-electron chi connectivity index (χ1n) is 7.97. The molecule has 22 heavy (non-hydrogen) atoms. The highest BCUT2D eigenvalue weighted by molar-refractivity contribution is 5.91. The highest BCUT2D eigenvalue weighted by Gasteiger charge is 2.54. The maximum Gasteiger partial charge on any atom is 0.233 e. The van der Waals surface area contributed by atoms with Crippen molar-refractivity contribution in [3.63, 3.8) is 0 Å². The van der Waals surface area contributed by atoms with E-state index in [0.29, 0.717) is 12.5 Å². The first-order valence-corrected chi connectivity index (χ1v) is 7.97. The Bertz CT molecular complexity index is 562. The maximum atomic E-state index is 13.0. The van der Waals surface area contributed by atoms with E-state index in [0.717, 1.165) is 32.4 Å². The second-order valence-corrected chi connectivity index (χ2v) is 7.45. The molecule has 0 bridgehead atoms. The zero-order valence-corrected chi connectivity index (χ0v) is 14.6. The SMILES string of the molecule is Cc1cc(C)cc(C2(C(=O)N3CCC(C)(CN)C3)CC2)c1.Cl. The molecule has 2 N–H and O–H groups in total. The third-order valence-electron chi connectivity index (χ3n) is 5.27. The van der Waals surface area contributed by atoms with Gasteiger partial charge in [0.05, 0.1) is 5.41 Å². The summed E-state index contributed by atoms with van der Waals surface area (Å²) in [6.45, 7) is 8.74. The van der Waals surface area contributed by atoms with E-state index in [1.165, 1.54) is 16.7 Å². The summed E-state index contributed by atoms with van der Waals surface area (Å²) in [5.74, 6) is 0.324. The normalized spacial score (nSPS) is 25.7. The van der Waals surface area contributed by atoms with Crippen LogP contribution in [-0.4, -0.2) is 30.4 Å². The number of hydrogen-bond donors (Lipinski definition) is 1. The molecule has 1 saturated carbocycles. The van der Waals surface area contributed by atoms with Gasteiger partial charge in [0.2, 0.25) is 5.91 Å². The molecule has 1 saturated heterocycles. The van der Waals surface area contributed by atoms with E-state index in [2.05, 4.69) is 43.9 Å². The Balaban J connectivity index is 0.00000176. The molecule has 1 heterocycles. The Morgan fingerprint density at radius 3 is 2.23 bits per heavy atom. The number of carbonyl (C=O) groups is 1. The molecule has 3 nitrogen and oxygen atoms in total. The molecule has 1 aromatic carbocycles. The molecule has 1 amide bonds. The number of halogens is 1. The van der Waals surface area contributed by atoms with E-state index in [1.54, 1.807) is 0 Å². The number of aryl methyl sites for hydroxylation is 2. The smallest absolute Gasteiger partial charge is 0.233 e. The van der Waals surface area contributed by atoms with Gasteiger partial charge in [-0.25, -0.2) is 0 Å². The molecule has 0 radical (unpaired) electrons. The second-order valence-electron chi connectivity index (χ2n) is 7.45. The average Bonchev–Trinajstić information content (AvgIpc) is 3.15. The predicted octanol–water partition coefficient (Wildman–Crippen LogP) is 2.95. The van der Waals surface area contributed by atoms with E-state index in [4.69, 9.17) is 5.73 Å². The molecule has 122 valence electrons. The molecule has 0 aromatic heterocycles. The lowest BCUT2D eigenvalue weighted by Gasteiger charge is -2.26. The molecular weight excluding hydrogens is 296 g/mol. The van der Waals surface area contributed by atoms with Crippen LogP contribution < -0.4 is 5.73 Å². The van der Waals surface area contributed by atoms with Crippen LogP contribution in [0.2, 0.25) is 0 Å². The summed E-state index contributed by atoms with van der Waals surface area (Å²) >= 11 is 0. The molecule has 2 aliphatic rings. The molecule has 1 aliphatic heterocycles. The molecule has 1 aliphatic carbocycles. The lowest BCUT2D eigenvalue weighted by atomic mass is 9.89. The standard InChI is InChI=1S/C18H26N2O.ClH/c1-13-8-14(2)10-15(9-13)18(4-5-18)16(21)20-7-6-17(3,11-19)12-20;/h8-10H,4-7,11-12,19H2,1-3H3;1H. The number of nitrogens with zero attached hydrogens (tertiary/aromatic N) is 1. The fourth-order valence-corrected chi connectivity index (χ4v) is 3.67. The van der Waals surface area contributed by atoms with Crippen molar-refractivity contribution in [2.24, 2.45) is 11.1 Å². The summed E-state index contributed by atoms with van der Waals surface area (Å²) in [4.78, 5) is 15.1. The number of rotatable bonds is 3. The minimum absolute atomic E-state index is 0. The molecule has 3 rings (SSSR count). The van der Waals surface area contributed by atoms with Gasteiger partial charge >= 0.3 is 0 Å². The lowest BCUT2D eigenvalue weighted by molar-refractivity contribution is -0.133. The van der Waals surface area contributed by atoms with E-state index >= 15 is 0 Å². The van der Waals surface area contributed by atoms with Gasteiger partial charge in [0, 0.05) is 13.1 Å². The summed E-state index contributed by atoms with van der Waals surface area (Å²) in [5, 5.41) is 0. The maximum absolute atomic E-state index is 13.0. The number of benzene rings is 1. The summed E-state index contributed by atoms with van der Waals surface area (Å²) in [6, 6.07) is 6.55. The topological polar surface area (TPSA) is 46.3 Å². The van der Waals surface area contributed by atoms with Crippen LogP contribution in [0.5, 0.6) is 0 Å². The van der Waals surface area contributed by atoms with Gasteiger partial charge in [0.1, 0.15) is 0 Å². The van der Waals surface area contributed by atoms with Gasteiger partial charge in [0.25, 0.3) is 0 Å². The largest absolute Gasteiger partial charge is 0.341 e. The first kappa shape index (κ1) is 17.3. The molecule has 0 spiro atoms. The number of amides is 1. The van der Waals surface area contributed by atoms with Crippen LogP contribution in [0, 0.1) is 19.3 Å². The van der Waals surface area contributed by atoms with Crippen LogP contribution in [0.1, 0.15) is 42.9 Å². The minimum Gasteiger partial charge on any atom is -0.341 e. The average molecular weight is 323 g/mol. The Kier molecular flexibility index (Phi) is 4.61. The van der Waals surface area contributed by atoms with Gasteiger partial charge in [-0.2, -0.15) is 0 Å². The Morgan fingerprint density at radius 2 is 1.77 bits per heavy atom. The highest BCUT2D eigenvalue weighted by Crippen LogP contribution is 2.51. The molecule has 2 fully saturated rings. The first-order chi connectivity index (χ1) is 9.88. The van der Waals surface area contributed by atoms with Gasteiger partial charge in [-0.15, -0.1) is 12.4 Å². The van der Waals surface area contributed by atoms with E-state index < -0.39 is 0 Å². The molecule has 1 atom stereocenters. The summed E-state index contributed by atoms with van der Waals surface area (Å²) in [6.07, 6.45) is 3.01. The highest BCUT2D eigenvalue weighted by atomic mass is 35.5. The molecule has 1 aromatic rings. The van der Waals surface area contributed by atoms with Crippen LogP contribution in [0.15, 0.2) is 18.2 Å². The fraction of sp³-hybridized carbons (Fsp3) is 0.611. The van der Waals surface area contributed by atoms with Gasteiger partial charge < -0.3 is 10.6 Å². The van der Waals surface area contributed by atoms with Gasteiger partial charge in [0.15, 0.2) is 0 Å². The number of hydrogen-bond acceptors (Lipinski definition) is 2. The number of nitrogens with two attached hydrogens (primary N) is 1. The Labute approximate surface area is 139 Å². The fourth-order valence-electron chi connectivity index (χ4n) is 3.67. The van der Waals surface area contributed by atoms with E-state index in [-0.39, 0.29) is 23.2 Å². The number of carbonyl (C=O) groups excluding carboxylic acids is 1. The Morgan fingerprint density at radius 1 is 1.18 bits per heavy atom. The zero-order chi connectivity index (χ0) is 15.3. The van der Waals surface area contributed by atoms with Crippen molar-refractivity contribution in [1.29, 1.82) is 0 Å². The summed E-state index contributed by atoms with van der Waals surface area (Å²) in [7, 11) is 0. The quantitative estimate of drug-likeness (QED) is 0.930. The number of likely N-dealkylation sites (tertiary alicyclic amines) is 1. The van der Waals surface area contributed by atoms with Crippen molar-refractivity contribution < 1.29 is 4.79 Å². The van der Waals surface area contributed by atoms with Crippen molar-refractivity contribution in [2.45, 2.75) is 45.4 Å². The zero-order valence-electron chi connectivity index (χ0n) is 13.8. The van der Waals surface area contributed by atoms with Gasteiger partial charge in [-0.3, -0.25) is 4.79 Å².